The van der Waals surface area contributed by atoms with Crippen molar-refractivity contribution >= 4 is 5.69 Å². The maximum Gasteiger partial charge on any atom is 0.142 e. The topological polar surface area (TPSA) is 39.1 Å². The van der Waals surface area contributed by atoms with Crippen LogP contribution in [-0.2, 0) is 7.05 Å². The molecule has 0 radical (unpaired) electrons. The predicted molar refractivity (Wildman–Crippen MR) is 88.0 cm³/mol. The number of anilines is 1. The van der Waals surface area contributed by atoms with Crippen LogP contribution in [0.3, 0.4) is 0 Å². The van der Waals surface area contributed by atoms with Crippen LogP contribution in [-0.4, -0.2) is 16.7 Å². The second kappa shape index (κ2) is 6.70. The van der Waals surface area contributed by atoms with E-state index in [2.05, 4.69) is 10.3 Å². The van der Waals surface area contributed by atoms with Crippen LogP contribution >= 0.6 is 0 Å². The predicted octanol–water partition coefficient (Wildman–Crippen LogP) is 3.91. The van der Waals surface area contributed by atoms with Crippen molar-refractivity contribution in [2.75, 3.05) is 12.4 Å². The van der Waals surface area contributed by atoms with E-state index < -0.39 is 11.9 Å². The Bertz CT molecular complexity index is 848. The summed E-state index contributed by atoms with van der Waals surface area (Å²) in [6.07, 6.45) is 3.40. The van der Waals surface area contributed by atoms with Crippen LogP contribution in [0.2, 0.25) is 0 Å². The number of hydrogen-bond donors (Lipinski definition) is 1. The highest BCUT2D eigenvalue weighted by Gasteiger charge is 2.22. The van der Waals surface area contributed by atoms with Gasteiger partial charge in [0.15, 0.2) is 0 Å². The van der Waals surface area contributed by atoms with Crippen LogP contribution in [0.25, 0.3) is 0 Å². The molecule has 0 spiro atoms. The molecule has 0 aliphatic rings. The molecule has 0 fully saturated rings. The Labute approximate surface area is 138 Å². The van der Waals surface area contributed by atoms with Crippen LogP contribution in [0.4, 0.5) is 14.5 Å². The number of aromatic nitrogens is 2. The van der Waals surface area contributed by atoms with Gasteiger partial charge in [-0.2, -0.15) is 0 Å². The van der Waals surface area contributed by atoms with E-state index in [9.17, 15) is 8.78 Å². The highest BCUT2D eigenvalue weighted by Crippen LogP contribution is 2.32. The maximum absolute atomic E-state index is 14.3. The van der Waals surface area contributed by atoms with Gasteiger partial charge >= 0.3 is 0 Å². The van der Waals surface area contributed by atoms with Crippen molar-refractivity contribution in [2.24, 2.45) is 7.05 Å². The maximum atomic E-state index is 14.3. The first kappa shape index (κ1) is 16.0. The Morgan fingerprint density at radius 3 is 2.62 bits per heavy atom. The summed E-state index contributed by atoms with van der Waals surface area (Å²) in [4.78, 5) is 4.31. The second-order valence-electron chi connectivity index (χ2n) is 5.34. The van der Waals surface area contributed by atoms with Crippen LogP contribution in [0, 0.1) is 11.6 Å². The van der Waals surface area contributed by atoms with E-state index in [0.717, 1.165) is 0 Å². The first-order chi connectivity index (χ1) is 11.6. The van der Waals surface area contributed by atoms with E-state index in [1.807, 2.05) is 7.05 Å². The summed E-state index contributed by atoms with van der Waals surface area (Å²) >= 11 is 0. The minimum atomic E-state index is -0.595. The van der Waals surface area contributed by atoms with Crippen molar-refractivity contribution in [1.82, 2.24) is 9.55 Å². The molecule has 3 rings (SSSR count). The summed E-state index contributed by atoms with van der Waals surface area (Å²) < 4.78 is 35.0. The number of halogens is 2. The summed E-state index contributed by atoms with van der Waals surface area (Å²) in [5.41, 5.74) is 0.840. The van der Waals surface area contributed by atoms with Gasteiger partial charge in [0.1, 0.15) is 29.3 Å². The van der Waals surface area contributed by atoms with Gasteiger partial charge in [-0.15, -0.1) is 0 Å². The van der Waals surface area contributed by atoms with Gasteiger partial charge in [0.25, 0.3) is 0 Å². The summed E-state index contributed by atoms with van der Waals surface area (Å²) in [7, 11) is 3.32. The third-order valence-electron chi connectivity index (χ3n) is 3.79. The Morgan fingerprint density at radius 2 is 1.96 bits per heavy atom. The van der Waals surface area contributed by atoms with Gasteiger partial charge in [-0.1, -0.05) is 18.2 Å². The van der Waals surface area contributed by atoms with E-state index in [-0.39, 0.29) is 5.82 Å². The molecule has 0 amide bonds. The lowest BCUT2D eigenvalue weighted by atomic mass is 10.0. The number of nitrogens with zero attached hydrogens (tertiary/aromatic N) is 2. The zero-order valence-corrected chi connectivity index (χ0v) is 13.3. The Balaban J connectivity index is 2.08. The first-order valence-electron chi connectivity index (χ1n) is 7.42. The Morgan fingerprint density at radius 1 is 1.17 bits per heavy atom. The summed E-state index contributed by atoms with van der Waals surface area (Å²) in [6, 6.07) is 9.98. The molecule has 6 heteroatoms. The highest BCUT2D eigenvalue weighted by atomic mass is 19.1. The molecular formula is C18H17F2N3O. The molecule has 0 aliphatic heterocycles. The molecule has 1 atom stereocenters. The molecule has 1 unspecified atom stereocenters. The van der Waals surface area contributed by atoms with Crippen molar-refractivity contribution in [1.29, 1.82) is 0 Å². The highest BCUT2D eigenvalue weighted by molar-refractivity contribution is 5.58. The molecule has 0 aliphatic carbocycles. The van der Waals surface area contributed by atoms with Gasteiger partial charge < -0.3 is 14.6 Å². The average Bonchev–Trinajstić information content (AvgIpc) is 2.99. The quantitative estimate of drug-likeness (QED) is 0.771. The largest absolute Gasteiger partial charge is 0.495 e. The Kier molecular flexibility index (Phi) is 4.46. The molecule has 2 aromatic carbocycles. The number of aryl methyl sites for hydroxylation is 1. The number of nitrogens with one attached hydrogen (secondary N) is 1. The molecule has 124 valence electrons. The molecule has 0 saturated carbocycles. The standard InChI is InChI=1S/C18H17F2N3O/c1-23-10-9-21-18(23)17(13-5-3-4-6-14(13)20)22-15-11-12(19)7-8-16(15)24-2/h3-11,17,22H,1-2H3. The van der Waals surface area contributed by atoms with Gasteiger partial charge in [0, 0.05) is 31.1 Å². The zero-order chi connectivity index (χ0) is 17.1. The SMILES string of the molecule is COc1ccc(F)cc1NC(c1ccccc1F)c1nccn1C. The molecular weight excluding hydrogens is 312 g/mol. The number of hydrogen-bond acceptors (Lipinski definition) is 3. The van der Waals surface area contributed by atoms with Crippen molar-refractivity contribution in [3.63, 3.8) is 0 Å². The van der Waals surface area contributed by atoms with Crippen molar-refractivity contribution in [3.05, 3.63) is 77.9 Å². The number of benzene rings is 2. The molecule has 1 aromatic heterocycles. The van der Waals surface area contributed by atoms with Crippen molar-refractivity contribution in [3.8, 4) is 5.75 Å². The van der Waals surface area contributed by atoms with Crippen LogP contribution in [0.15, 0.2) is 54.9 Å². The number of methoxy groups -OCH3 is 1. The van der Waals surface area contributed by atoms with Gasteiger partial charge in [-0.05, 0) is 18.2 Å². The van der Waals surface area contributed by atoms with Crippen molar-refractivity contribution < 1.29 is 13.5 Å². The lowest BCUT2D eigenvalue weighted by Gasteiger charge is -2.22. The third kappa shape index (κ3) is 3.08. The van der Waals surface area contributed by atoms with Crippen molar-refractivity contribution in [2.45, 2.75) is 6.04 Å². The molecule has 4 nitrogen and oxygen atoms in total. The minimum absolute atomic E-state index is 0.367. The molecule has 24 heavy (non-hydrogen) atoms. The minimum Gasteiger partial charge on any atom is -0.495 e. The zero-order valence-electron chi connectivity index (χ0n) is 13.3. The molecule has 0 saturated heterocycles. The van der Waals surface area contributed by atoms with Gasteiger partial charge in [0.05, 0.1) is 12.8 Å². The summed E-state index contributed by atoms with van der Waals surface area (Å²) in [6.45, 7) is 0. The van der Waals surface area contributed by atoms with E-state index >= 15 is 0 Å². The fraction of sp³-hybridized carbons (Fsp3) is 0.167. The lowest BCUT2D eigenvalue weighted by Crippen LogP contribution is -2.18. The lowest BCUT2D eigenvalue weighted by molar-refractivity contribution is 0.415. The molecule has 1 N–H and O–H groups in total. The fourth-order valence-corrected chi connectivity index (χ4v) is 2.59. The third-order valence-corrected chi connectivity index (χ3v) is 3.79. The van der Waals surface area contributed by atoms with Gasteiger partial charge in [0.2, 0.25) is 0 Å². The molecule has 3 aromatic rings. The van der Waals surface area contributed by atoms with Crippen LogP contribution in [0.1, 0.15) is 17.4 Å². The van der Waals surface area contributed by atoms with Crippen LogP contribution < -0.4 is 10.1 Å². The number of imidazole rings is 1. The van der Waals surface area contributed by atoms with E-state index in [4.69, 9.17) is 4.74 Å². The van der Waals surface area contributed by atoms with E-state index in [1.54, 1.807) is 35.2 Å². The summed E-state index contributed by atoms with van der Waals surface area (Å²) in [5, 5.41) is 3.15. The number of rotatable bonds is 5. The normalized spacial score (nSPS) is 12.0. The van der Waals surface area contributed by atoms with E-state index in [0.29, 0.717) is 22.8 Å². The smallest absolute Gasteiger partial charge is 0.142 e. The second-order valence-corrected chi connectivity index (χ2v) is 5.34. The summed E-state index contributed by atoms with van der Waals surface area (Å²) in [5.74, 6) is 0.289. The number of ether oxygens (including phenoxy) is 1. The van der Waals surface area contributed by atoms with Gasteiger partial charge in [-0.25, -0.2) is 13.8 Å². The molecule has 1 heterocycles. The fourth-order valence-electron chi connectivity index (χ4n) is 2.59. The van der Waals surface area contributed by atoms with E-state index in [1.165, 1.54) is 31.4 Å². The Hall–Kier alpha value is -2.89. The average molecular weight is 329 g/mol. The van der Waals surface area contributed by atoms with Crippen LogP contribution in [0.5, 0.6) is 5.75 Å². The first-order valence-corrected chi connectivity index (χ1v) is 7.42. The van der Waals surface area contributed by atoms with Gasteiger partial charge in [-0.3, -0.25) is 0 Å². The monoisotopic (exact) mass is 329 g/mol. The molecule has 0 bridgehead atoms.